The number of amides is 1. The second-order valence-electron chi connectivity index (χ2n) is 6.41. The molecule has 1 aliphatic rings. The number of ether oxygens (including phenoxy) is 1. The predicted octanol–water partition coefficient (Wildman–Crippen LogP) is 2.64. The van der Waals surface area contributed by atoms with Crippen LogP contribution in [0.3, 0.4) is 0 Å². The lowest BCUT2D eigenvalue weighted by atomic mass is 9.82. The zero-order valence-corrected chi connectivity index (χ0v) is 15.0. The molecule has 0 bridgehead atoms. The summed E-state index contributed by atoms with van der Waals surface area (Å²) in [5.41, 5.74) is 4.43. The lowest BCUT2D eigenvalue weighted by molar-refractivity contribution is -0.137. The Morgan fingerprint density at radius 3 is 2.35 bits per heavy atom. The molecular weight excluding hydrogens is 373 g/mol. The Hall–Kier alpha value is -1.51. The van der Waals surface area contributed by atoms with Crippen LogP contribution in [0.2, 0.25) is 0 Å². The summed E-state index contributed by atoms with van der Waals surface area (Å²) >= 11 is 0. The van der Waals surface area contributed by atoms with Crippen LogP contribution >= 0.6 is 12.4 Å². The quantitative estimate of drug-likeness (QED) is 0.690. The minimum Gasteiger partial charge on any atom is -0.491 e. The molecule has 1 aromatic carbocycles. The van der Waals surface area contributed by atoms with Gasteiger partial charge in [0.15, 0.2) is 0 Å². The highest BCUT2D eigenvalue weighted by molar-refractivity contribution is 5.86. The number of alkyl halides is 3. The van der Waals surface area contributed by atoms with Crippen molar-refractivity contribution in [1.29, 1.82) is 0 Å². The largest absolute Gasteiger partial charge is 0.491 e. The number of hydrogen-bond donors (Lipinski definition) is 3. The van der Waals surface area contributed by atoms with E-state index in [0.717, 1.165) is 31.4 Å². The van der Waals surface area contributed by atoms with Crippen molar-refractivity contribution in [3.8, 4) is 5.75 Å². The summed E-state index contributed by atoms with van der Waals surface area (Å²) in [5, 5.41) is 12.5. The summed E-state index contributed by atoms with van der Waals surface area (Å²) in [6.07, 6.45) is -1.27. The molecule has 0 aliphatic heterocycles. The summed E-state index contributed by atoms with van der Waals surface area (Å²) in [5.74, 6) is -0.0817. The first-order valence-corrected chi connectivity index (χ1v) is 8.26. The second-order valence-corrected chi connectivity index (χ2v) is 6.41. The van der Waals surface area contributed by atoms with E-state index in [1.54, 1.807) is 0 Å². The van der Waals surface area contributed by atoms with Crippen molar-refractivity contribution >= 4 is 18.3 Å². The van der Waals surface area contributed by atoms with Crippen LogP contribution in [-0.2, 0) is 11.0 Å². The molecular formula is C17H24ClF3N2O3. The fraction of sp³-hybridized carbons (Fsp3) is 0.588. The highest BCUT2D eigenvalue weighted by Crippen LogP contribution is 2.30. The molecule has 1 fully saturated rings. The lowest BCUT2D eigenvalue weighted by Gasteiger charge is -2.32. The van der Waals surface area contributed by atoms with Crippen LogP contribution in [0.1, 0.15) is 37.7 Å². The number of carbonyl (C=O) groups excluding carboxylic acids is 1. The smallest absolute Gasteiger partial charge is 0.416 e. The van der Waals surface area contributed by atoms with Crippen LogP contribution in [0.5, 0.6) is 5.75 Å². The first-order chi connectivity index (χ1) is 11.7. The number of aliphatic hydroxyl groups is 1. The molecule has 2 rings (SSSR count). The van der Waals surface area contributed by atoms with Gasteiger partial charge >= 0.3 is 6.18 Å². The van der Waals surface area contributed by atoms with E-state index in [1.807, 2.05) is 0 Å². The van der Waals surface area contributed by atoms with Crippen LogP contribution in [0, 0.1) is 0 Å². The van der Waals surface area contributed by atoms with Crippen LogP contribution in [-0.4, -0.2) is 35.8 Å². The van der Waals surface area contributed by atoms with Crippen molar-refractivity contribution in [2.45, 2.75) is 49.9 Å². The third-order valence-corrected chi connectivity index (χ3v) is 4.32. The van der Waals surface area contributed by atoms with Crippen molar-refractivity contribution in [3.63, 3.8) is 0 Å². The Kier molecular flexibility index (Phi) is 8.17. The molecule has 1 atom stereocenters. The minimum absolute atomic E-state index is 0. The predicted molar refractivity (Wildman–Crippen MR) is 93.2 cm³/mol. The molecule has 0 aromatic heterocycles. The van der Waals surface area contributed by atoms with E-state index in [0.29, 0.717) is 12.8 Å². The Morgan fingerprint density at radius 1 is 1.23 bits per heavy atom. The van der Waals surface area contributed by atoms with Gasteiger partial charge in [-0.2, -0.15) is 13.2 Å². The molecule has 1 aliphatic carbocycles. The molecule has 1 aromatic rings. The van der Waals surface area contributed by atoms with E-state index < -0.39 is 23.4 Å². The van der Waals surface area contributed by atoms with Gasteiger partial charge in [0.05, 0.1) is 11.1 Å². The Balaban J connectivity index is 0.00000338. The summed E-state index contributed by atoms with van der Waals surface area (Å²) in [4.78, 5) is 12.1. The summed E-state index contributed by atoms with van der Waals surface area (Å²) in [6, 6.07) is 4.19. The van der Waals surface area contributed by atoms with Gasteiger partial charge in [-0.3, -0.25) is 4.79 Å². The Morgan fingerprint density at radius 2 is 1.81 bits per heavy atom. The van der Waals surface area contributed by atoms with Crippen LogP contribution < -0.4 is 15.8 Å². The maximum Gasteiger partial charge on any atom is 0.416 e. The second kappa shape index (κ2) is 9.43. The molecule has 4 N–H and O–H groups in total. The molecule has 1 saturated carbocycles. The molecule has 1 unspecified atom stereocenters. The van der Waals surface area contributed by atoms with Crippen molar-refractivity contribution < 1.29 is 27.8 Å². The number of nitrogens with two attached hydrogens (primary N) is 1. The van der Waals surface area contributed by atoms with Gasteiger partial charge in [0.1, 0.15) is 18.5 Å². The molecule has 148 valence electrons. The van der Waals surface area contributed by atoms with Gasteiger partial charge in [-0.15, -0.1) is 12.4 Å². The standard InChI is InChI=1S/C17H23F3N2O3.ClH/c18-17(19,20)12-4-6-14(7-5-12)25-11-13(23)10-22-15(24)16(21)8-2-1-3-9-16;/h4-7,13,23H,1-3,8-11,21H2,(H,22,24);1H. The number of benzene rings is 1. The van der Waals surface area contributed by atoms with Gasteiger partial charge < -0.3 is 20.9 Å². The Bertz CT molecular complexity index is 576. The van der Waals surface area contributed by atoms with Crippen molar-refractivity contribution in [1.82, 2.24) is 5.32 Å². The SMILES string of the molecule is Cl.NC1(C(=O)NCC(O)COc2ccc(C(F)(F)F)cc2)CCCCC1. The highest BCUT2D eigenvalue weighted by Gasteiger charge is 2.35. The van der Waals surface area contributed by atoms with E-state index in [2.05, 4.69) is 5.32 Å². The van der Waals surface area contributed by atoms with E-state index >= 15 is 0 Å². The van der Waals surface area contributed by atoms with Crippen molar-refractivity contribution in [2.75, 3.05) is 13.2 Å². The fourth-order valence-corrected chi connectivity index (χ4v) is 2.79. The fourth-order valence-electron chi connectivity index (χ4n) is 2.79. The lowest BCUT2D eigenvalue weighted by Crippen LogP contribution is -2.56. The minimum atomic E-state index is -4.40. The zero-order valence-electron chi connectivity index (χ0n) is 14.2. The van der Waals surface area contributed by atoms with E-state index in [-0.39, 0.29) is 37.2 Å². The molecule has 0 radical (unpaired) electrons. The molecule has 26 heavy (non-hydrogen) atoms. The van der Waals surface area contributed by atoms with Gasteiger partial charge in [0, 0.05) is 6.54 Å². The maximum absolute atomic E-state index is 12.5. The van der Waals surface area contributed by atoms with Crippen molar-refractivity contribution in [3.05, 3.63) is 29.8 Å². The van der Waals surface area contributed by atoms with E-state index in [9.17, 15) is 23.1 Å². The van der Waals surface area contributed by atoms with Gasteiger partial charge in [-0.1, -0.05) is 19.3 Å². The van der Waals surface area contributed by atoms with Gasteiger partial charge in [0.25, 0.3) is 0 Å². The third kappa shape index (κ3) is 6.34. The number of rotatable bonds is 6. The van der Waals surface area contributed by atoms with Crippen LogP contribution in [0.25, 0.3) is 0 Å². The van der Waals surface area contributed by atoms with Crippen LogP contribution in [0.4, 0.5) is 13.2 Å². The number of hydrogen-bond acceptors (Lipinski definition) is 4. The molecule has 1 amide bonds. The highest BCUT2D eigenvalue weighted by atomic mass is 35.5. The number of nitrogens with one attached hydrogen (secondary N) is 1. The molecule has 0 spiro atoms. The number of carbonyl (C=O) groups is 1. The van der Waals surface area contributed by atoms with Gasteiger partial charge in [-0.05, 0) is 37.1 Å². The Labute approximate surface area is 156 Å². The van der Waals surface area contributed by atoms with E-state index in [4.69, 9.17) is 10.5 Å². The van der Waals surface area contributed by atoms with E-state index in [1.165, 1.54) is 12.1 Å². The zero-order chi connectivity index (χ0) is 18.5. The summed E-state index contributed by atoms with van der Waals surface area (Å²) in [6.45, 7) is -0.179. The van der Waals surface area contributed by atoms with Crippen LogP contribution in [0.15, 0.2) is 24.3 Å². The molecule has 0 saturated heterocycles. The molecule has 9 heteroatoms. The summed E-state index contributed by atoms with van der Waals surface area (Å²) in [7, 11) is 0. The number of aliphatic hydroxyl groups excluding tert-OH is 1. The molecule has 0 heterocycles. The molecule has 5 nitrogen and oxygen atoms in total. The average molecular weight is 397 g/mol. The first kappa shape index (κ1) is 22.5. The maximum atomic E-state index is 12.5. The topological polar surface area (TPSA) is 84.6 Å². The normalized spacial score (nSPS) is 17.7. The third-order valence-electron chi connectivity index (χ3n) is 4.32. The van der Waals surface area contributed by atoms with Gasteiger partial charge in [-0.25, -0.2) is 0 Å². The first-order valence-electron chi connectivity index (χ1n) is 8.26. The summed E-state index contributed by atoms with van der Waals surface area (Å²) < 4.78 is 42.6. The number of halogens is 4. The van der Waals surface area contributed by atoms with Gasteiger partial charge in [0.2, 0.25) is 5.91 Å². The van der Waals surface area contributed by atoms with Crippen molar-refractivity contribution in [2.24, 2.45) is 5.73 Å². The monoisotopic (exact) mass is 396 g/mol. The average Bonchev–Trinajstić information content (AvgIpc) is 2.58.